The number of hydrogen-bond acceptors (Lipinski definition) is 5. The van der Waals surface area contributed by atoms with Gasteiger partial charge in [0, 0.05) is 17.5 Å². The van der Waals surface area contributed by atoms with Crippen LogP contribution < -0.4 is 5.32 Å². The van der Waals surface area contributed by atoms with Crippen molar-refractivity contribution in [2.45, 2.75) is 57.9 Å². The average Bonchev–Trinajstić information content (AvgIpc) is 2.71. The second-order valence-corrected chi connectivity index (χ2v) is 7.03. The third-order valence-electron chi connectivity index (χ3n) is 3.74. The fraction of sp³-hybridized carbons (Fsp3) is 0.750. The Labute approximate surface area is 132 Å². The van der Waals surface area contributed by atoms with Gasteiger partial charge >= 0.3 is 0 Å². The summed E-state index contributed by atoms with van der Waals surface area (Å²) in [6, 6.07) is -0.562. The molecule has 122 valence electrons. The molecule has 0 aromatic rings. The van der Waals surface area contributed by atoms with E-state index < -0.39 is 18.2 Å². The van der Waals surface area contributed by atoms with Crippen molar-refractivity contribution in [3.63, 3.8) is 0 Å². The van der Waals surface area contributed by atoms with Crippen molar-refractivity contribution in [3.05, 3.63) is 23.3 Å². The highest BCUT2D eigenvalue weighted by molar-refractivity contribution is 7.99. The lowest BCUT2D eigenvalue weighted by Crippen LogP contribution is -2.37. The first-order valence-electron chi connectivity index (χ1n) is 7.55. The first-order valence-corrected chi connectivity index (χ1v) is 8.71. The fourth-order valence-electron chi connectivity index (χ4n) is 2.34. The molecule has 0 aromatic carbocycles. The van der Waals surface area contributed by atoms with Crippen molar-refractivity contribution >= 4 is 11.8 Å². The standard InChI is InChI=1S/C16H29NO3S/c1-11(2)5-4-6-12(3)7-8-21-10-14-16(20)15(19)13(9-18)17-14/h5,7,13-20H,4,6,8-10H2,1-3H3/b12-7+/t13-,14+,15-,16-/m1/s1. The van der Waals surface area contributed by atoms with E-state index in [1.54, 1.807) is 11.8 Å². The van der Waals surface area contributed by atoms with Crippen molar-refractivity contribution in [1.82, 2.24) is 5.32 Å². The van der Waals surface area contributed by atoms with E-state index >= 15 is 0 Å². The molecule has 21 heavy (non-hydrogen) atoms. The molecule has 1 rings (SSSR count). The van der Waals surface area contributed by atoms with Crippen LogP contribution in [0, 0.1) is 0 Å². The molecule has 4 atom stereocenters. The van der Waals surface area contributed by atoms with Crippen LogP contribution in [0.1, 0.15) is 33.6 Å². The number of hydrogen-bond donors (Lipinski definition) is 4. The molecule has 0 amide bonds. The highest BCUT2D eigenvalue weighted by Crippen LogP contribution is 2.18. The Balaban J connectivity index is 2.23. The molecule has 4 nitrogen and oxygen atoms in total. The Morgan fingerprint density at radius 1 is 1.10 bits per heavy atom. The van der Waals surface area contributed by atoms with Gasteiger partial charge < -0.3 is 20.6 Å². The summed E-state index contributed by atoms with van der Waals surface area (Å²) in [5.74, 6) is 1.64. The van der Waals surface area contributed by atoms with E-state index in [2.05, 4.69) is 38.2 Å². The normalized spacial score (nSPS) is 29.7. The van der Waals surface area contributed by atoms with E-state index in [9.17, 15) is 10.2 Å². The number of thioether (sulfide) groups is 1. The Kier molecular flexibility index (Phi) is 8.59. The summed E-state index contributed by atoms with van der Waals surface area (Å²) in [4.78, 5) is 0. The average molecular weight is 315 g/mol. The lowest BCUT2D eigenvalue weighted by molar-refractivity contribution is 0.0219. The molecule has 1 aliphatic heterocycles. The number of nitrogens with one attached hydrogen (secondary N) is 1. The van der Waals surface area contributed by atoms with Gasteiger partial charge in [0.25, 0.3) is 0 Å². The van der Waals surface area contributed by atoms with E-state index in [1.165, 1.54) is 11.1 Å². The molecule has 0 bridgehead atoms. The van der Waals surface area contributed by atoms with Crippen LogP contribution in [-0.4, -0.2) is 57.7 Å². The number of aliphatic hydroxyl groups is 3. The van der Waals surface area contributed by atoms with Gasteiger partial charge in [0.05, 0.1) is 24.9 Å². The zero-order chi connectivity index (χ0) is 15.8. The molecule has 0 radical (unpaired) electrons. The zero-order valence-corrected chi connectivity index (χ0v) is 14.1. The summed E-state index contributed by atoms with van der Waals surface area (Å²) >= 11 is 1.73. The zero-order valence-electron chi connectivity index (χ0n) is 13.2. The SMILES string of the molecule is CC(C)=CCC/C(C)=C/CSC[C@@H]1N[C@H](CO)[C@@H](O)[C@@H]1O. The van der Waals surface area contributed by atoms with Gasteiger partial charge in [-0.1, -0.05) is 23.3 Å². The summed E-state index contributed by atoms with van der Waals surface area (Å²) in [6.07, 6.45) is 4.98. The summed E-state index contributed by atoms with van der Waals surface area (Å²) in [5, 5.41) is 31.8. The molecule has 1 fully saturated rings. The van der Waals surface area contributed by atoms with Crippen LogP contribution in [0.15, 0.2) is 23.3 Å². The first-order chi connectivity index (χ1) is 9.95. The monoisotopic (exact) mass is 315 g/mol. The molecular weight excluding hydrogens is 286 g/mol. The molecule has 1 heterocycles. The van der Waals surface area contributed by atoms with Crippen molar-refractivity contribution < 1.29 is 15.3 Å². The van der Waals surface area contributed by atoms with Gasteiger partial charge in [0.2, 0.25) is 0 Å². The molecule has 1 saturated heterocycles. The van der Waals surface area contributed by atoms with Gasteiger partial charge in [-0.25, -0.2) is 0 Å². The highest BCUT2D eigenvalue weighted by Gasteiger charge is 2.40. The summed E-state index contributed by atoms with van der Waals surface area (Å²) in [7, 11) is 0. The summed E-state index contributed by atoms with van der Waals surface area (Å²) in [6.45, 7) is 6.22. The van der Waals surface area contributed by atoms with Gasteiger partial charge in [-0.2, -0.15) is 11.8 Å². The quantitative estimate of drug-likeness (QED) is 0.403. The highest BCUT2D eigenvalue weighted by atomic mass is 32.2. The molecule has 5 heteroatoms. The number of aliphatic hydroxyl groups excluding tert-OH is 3. The van der Waals surface area contributed by atoms with Gasteiger partial charge in [-0.3, -0.25) is 0 Å². The third kappa shape index (κ3) is 6.53. The van der Waals surface area contributed by atoms with Gasteiger partial charge in [-0.15, -0.1) is 0 Å². The van der Waals surface area contributed by atoms with Gasteiger partial charge in [0.15, 0.2) is 0 Å². The molecule has 0 aromatic heterocycles. The third-order valence-corrected chi connectivity index (χ3v) is 4.73. The van der Waals surface area contributed by atoms with Crippen molar-refractivity contribution in [1.29, 1.82) is 0 Å². The minimum atomic E-state index is -0.873. The van der Waals surface area contributed by atoms with E-state index in [0.29, 0.717) is 0 Å². The van der Waals surface area contributed by atoms with E-state index in [4.69, 9.17) is 5.11 Å². The number of rotatable bonds is 8. The molecule has 0 unspecified atom stereocenters. The van der Waals surface area contributed by atoms with Crippen LogP contribution >= 0.6 is 11.8 Å². The van der Waals surface area contributed by atoms with Crippen LogP contribution in [0.4, 0.5) is 0 Å². The van der Waals surface area contributed by atoms with Crippen LogP contribution in [0.5, 0.6) is 0 Å². The number of allylic oxidation sites excluding steroid dienone is 3. The maximum atomic E-state index is 9.88. The molecular formula is C16H29NO3S. The molecule has 0 aliphatic carbocycles. The molecule has 1 aliphatic rings. The van der Waals surface area contributed by atoms with E-state index in [0.717, 1.165) is 24.3 Å². The van der Waals surface area contributed by atoms with Crippen molar-refractivity contribution in [3.8, 4) is 0 Å². The predicted octanol–water partition coefficient (Wildman–Crippen LogP) is 1.47. The predicted molar refractivity (Wildman–Crippen MR) is 89.6 cm³/mol. The van der Waals surface area contributed by atoms with Crippen LogP contribution in [0.25, 0.3) is 0 Å². The van der Waals surface area contributed by atoms with Crippen LogP contribution in [0.2, 0.25) is 0 Å². The van der Waals surface area contributed by atoms with E-state index in [-0.39, 0.29) is 12.6 Å². The molecule has 0 spiro atoms. The second kappa shape index (κ2) is 9.64. The Bertz CT molecular complexity index is 367. The van der Waals surface area contributed by atoms with Gasteiger partial charge in [-0.05, 0) is 33.6 Å². The minimum absolute atomic E-state index is 0.150. The second-order valence-electron chi connectivity index (χ2n) is 5.95. The van der Waals surface area contributed by atoms with Crippen molar-refractivity contribution in [2.24, 2.45) is 0 Å². The van der Waals surface area contributed by atoms with Crippen LogP contribution in [-0.2, 0) is 0 Å². The van der Waals surface area contributed by atoms with Crippen molar-refractivity contribution in [2.75, 3.05) is 18.1 Å². The Morgan fingerprint density at radius 2 is 1.76 bits per heavy atom. The maximum Gasteiger partial charge on any atom is 0.0989 e. The smallest absolute Gasteiger partial charge is 0.0989 e. The molecule has 4 N–H and O–H groups in total. The largest absolute Gasteiger partial charge is 0.395 e. The minimum Gasteiger partial charge on any atom is -0.395 e. The Hall–Kier alpha value is -0.330. The summed E-state index contributed by atoms with van der Waals surface area (Å²) in [5.41, 5.74) is 2.74. The Morgan fingerprint density at radius 3 is 2.33 bits per heavy atom. The lowest BCUT2D eigenvalue weighted by atomic mass is 10.1. The van der Waals surface area contributed by atoms with E-state index in [1.807, 2.05) is 0 Å². The summed E-state index contributed by atoms with van der Waals surface area (Å²) < 4.78 is 0. The maximum absolute atomic E-state index is 9.88. The van der Waals surface area contributed by atoms with Crippen LogP contribution in [0.3, 0.4) is 0 Å². The van der Waals surface area contributed by atoms with Gasteiger partial charge in [0.1, 0.15) is 0 Å². The fourth-order valence-corrected chi connectivity index (χ4v) is 3.43. The first kappa shape index (κ1) is 18.7. The lowest BCUT2D eigenvalue weighted by Gasteiger charge is -2.14. The topological polar surface area (TPSA) is 72.7 Å². The molecule has 0 saturated carbocycles.